The van der Waals surface area contributed by atoms with Gasteiger partial charge in [-0.15, -0.1) is 0 Å². The number of carbonyl (C=O) groups excluding carboxylic acids is 1. The Labute approximate surface area is 143 Å². The highest BCUT2D eigenvalue weighted by molar-refractivity contribution is 6.00. The molecule has 0 aliphatic rings. The molecule has 0 fully saturated rings. The Kier molecular flexibility index (Phi) is 4.30. The van der Waals surface area contributed by atoms with Gasteiger partial charge in [-0.3, -0.25) is 4.79 Å². The van der Waals surface area contributed by atoms with Crippen LogP contribution in [-0.4, -0.2) is 29.4 Å². The SMILES string of the molecule is COc1cc(/C=N/NC(=O)c2oc3cccc(O)c3c2C)ccc1O. The molecule has 0 bridgehead atoms. The highest BCUT2D eigenvalue weighted by atomic mass is 16.5. The zero-order valence-electron chi connectivity index (χ0n) is 13.6. The molecule has 7 heteroatoms. The van der Waals surface area contributed by atoms with Gasteiger partial charge in [0.2, 0.25) is 0 Å². The summed E-state index contributed by atoms with van der Waals surface area (Å²) in [6.07, 6.45) is 1.41. The standard InChI is InChI=1S/C18H16N2O5/c1-10-16-13(22)4-3-5-14(16)25-17(10)18(23)20-19-9-11-6-7-12(21)15(8-11)24-2/h3-9,21-22H,1-2H3,(H,20,23)/b19-9+. The maximum atomic E-state index is 12.2. The molecule has 0 aliphatic heterocycles. The monoisotopic (exact) mass is 340 g/mol. The molecule has 0 saturated carbocycles. The zero-order chi connectivity index (χ0) is 18.0. The molecular formula is C18H16N2O5. The minimum absolute atomic E-state index is 0.0152. The molecule has 1 heterocycles. The van der Waals surface area contributed by atoms with Gasteiger partial charge in [0.15, 0.2) is 17.3 Å². The molecular weight excluding hydrogens is 324 g/mol. The minimum atomic E-state index is -0.532. The van der Waals surface area contributed by atoms with Gasteiger partial charge in [0.05, 0.1) is 18.7 Å². The number of amides is 1. The van der Waals surface area contributed by atoms with E-state index in [-0.39, 0.29) is 17.3 Å². The number of phenolic OH excluding ortho intramolecular Hbond substituents is 2. The van der Waals surface area contributed by atoms with Crippen LogP contribution in [0.25, 0.3) is 11.0 Å². The van der Waals surface area contributed by atoms with Gasteiger partial charge in [0.25, 0.3) is 0 Å². The number of aromatic hydroxyl groups is 2. The summed E-state index contributed by atoms with van der Waals surface area (Å²) < 4.78 is 10.5. The first-order valence-corrected chi connectivity index (χ1v) is 7.42. The van der Waals surface area contributed by atoms with Crippen LogP contribution in [0, 0.1) is 6.92 Å². The van der Waals surface area contributed by atoms with Crippen molar-refractivity contribution in [1.82, 2.24) is 5.43 Å². The average molecular weight is 340 g/mol. The molecule has 128 valence electrons. The van der Waals surface area contributed by atoms with Gasteiger partial charge < -0.3 is 19.4 Å². The van der Waals surface area contributed by atoms with Gasteiger partial charge in [-0.1, -0.05) is 6.07 Å². The van der Waals surface area contributed by atoms with E-state index in [4.69, 9.17) is 9.15 Å². The van der Waals surface area contributed by atoms with Crippen LogP contribution < -0.4 is 10.2 Å². The molecule has 1 aromatic heterocycles. The molecule has 1 amide bonds. The predicted octanol–water partition coefficient (Wildman–Crippen LogP) is 2.92. The second kappa shape index (κ2) is 6.56. The molecule has 0 spiro atoms. The summed E-state index contributed by atoms with van der Waals surface area (Å²) in [7, 11) is 1.44. The molecule has 3 rings (SSSR count). The Hall–Kier alpha value is -3.48. The number of fused-ring (bicyclic) bond motifs is 1. The average Bonchev–Trinajstić information content (AvgIpc) is 2.94. The lowest BCUT2D eigenvalue weighted by molar-refractivity contribution is 0.0929. The first-order chi connectivity index (χ1) is 12.0. The van der Waals surface area contributed by atoms with Crippen molar-refractivity contribution in [3.8, 4) is 17.2 Å². The number of carbonyl (C=O) groups is 1. The highest BCUT2D eigenvalue weighted by Gasteiger charge is 2.19. The Balaban J connectivity index is 1.79. The largest absolute Gasteiger partial charge is 0.507 e. The fraction of sp³-hybridized carbons (Fsp3) is 0.111. The van der Waals surface area contributed by atoms with Gasteiger partial charge >= 0.3 is 5.91 Å². The summed E-state index contributed by atoms with van der Waals surface area (Å²) in [6.45, 7) is 1.69. The third-order valence-corrected chi connectivity index (χ3v) is 3.72. The summed E-state index contributed by atoms with van der Waals surface area (Å²) >= 11 is 0. The number of rotatable bonds is 4. The molecule has 7 nitrogen and oxygen atoms in total. The van der Waals surface area contributed by atoms with Crippen LogP contribution in [0.4, 0.5) is 0 Å². The number of hydrogen-bond acceptors (Lipinski definition) is 6. The van der Waals surface area contributed by atoms with Crippen LogP contribution in [0.3, 0.4) is 0 Å². The number of methoxy groups -OCH3 is 1. The number of phenols is 2. The number of furan rings is 1. The van der Waals surface area contributed by atoms with E-state index in [0.717, 1.165) is 0 Å². The van der Waals surface area contributed by atoms with Crippen LogP contribution in [-0.2, 0) is 0 Å². The number of hydrazone groups is 1. The van der Waals surface area contributed by atoms with Crippen molar-refractivity contribution in [3.63, 3.8) is 0 Å². The van der Waals surface area contributed by atoms with E-state index < -0.39 is 5.91 Å². The van der Waals surface area contributed by atoms with Crippen LogP contribution >= 0.6 is 0 Å². The molecule has 3 N–H and O–H groups in total. The molecule has 0 aliphatic carbocycles. The Bertz CT molecular complexity index is 975. The third-order valence-electron chi connectivity index (χ3n) is 3.72. The van der Waals surface area contributed by atoms with Gasteiger partial charge in [-0.25, -0.2) is 5.43 Å². The van der Waals surface area contributed by atoms with E-state index in [1.165, 1.54) is 25.5 Å². The number of nitrogens with one attached hydrogen (secondary N) is 1. The number of ether oxygens (including phenoxy) is 1. The van der Waals surface area contributed by atoms with Crippen molar-refractivity contribution in [2.24, 2.45) is 5.10 Å². The smallest absolute Gasteiger partial charge is 0.307 e. The lowest BCUT2D eigenvalue weighted by Crippen LogP contribution is -2.17. The Morgan fingerprint density at radius 3 is 2.76 bits per heavy atom. The van der Waals surface area contributed by atoms with Gasteiger partial charge in [-0.05, 0) is 42.8 Å². The van der Waals surface area contributed by atoms with Crippen molar-refractivity contribution in [2.45, 2.75) is 6.92 Å². The Morgan fingerprint density at radius 2 is 2.04 bits per heavy atom. The van der Waals surface area contributed by atoms with Gasteiger partial charge in [-0.2, -0.15) is 5.10 Å². The van der Waals surface area contributed by atoms with Crippen LogP contribution in [0.1, 0.15) is 21.7 Å². The molecule has 3 aromatic rings. The zero-order valence-corrected chi connectivity index (χ0v) is 13.6. The fourth-order valence-electron chi connectivity index (χ4n) is 2.49. The predicted molar refractivity (Wildman–Crippen MR) is 92.3 cm³/mol. The second-order valence-corrected chi connectivity index (χ2v) is 5.34. The topological polar surface area (TPSA) is 104 Å². The molecule has 0 unspecified atom stereocenters. The van der Waals surface area contributed by atoms with Crippen LogP contribution in [0.2, 0.25) is 0 Å². The van der Waals surface area contributed by atoms with Crippen molar-refractivity contribution in [2.75, 3.05) is 7.11 Å². The number of aryl methyl sites for hydroxylation is 1. The maximum absolute atomic E-state index is 12.2. The molecule has 0 atom stereocenters. The molecule has 2 aromatic carbocycles. The maximum Gasteiger partial charge on any atom is 0.307 e. The second-order valence-electron chi connectivity index (χ2n) is 5.34. The summed E-state index contributed by atoms with van der Waals surface area (Å²) in [5.41, 5.74) is 3.97. The van der Waals surface area contributed by atoms with Gasteiger partial charge in [0.1, 0.15) is 11.3 Å². The summed E-state index contributed by atoms with van der Waals surface area (Å²) in [4.78, 5) is 12.2. The normalized spacial score (nSPS) is 11.1. The van der Waals surface area contributed by atoms with Crippen LogP contribution in [0.5, 0.6) is 17.2 Å². The van der Waals surface area contributed by atoms with E-state index in [0.29, 0.717) is 27.8 Å². The van der Waals surface area contributed by atoms with E-state index >= 15 is 0 Å². The number of benzene rings is 2. The van der Waals surface area contributed by atoms with E-state index in [9.17, 15) is 15.0 Å². The highest BCUT2D eigenvalue weighted by Crippen LogP contribution is 2.32. The van der Waals surface area contributed by atoms with Crippen molar-refractivity contribution >= 4 is 23.1 Å². The Morgan fingerprint density at radius 1 is 1.24 bits per heavy atom. The van der Waals surface area contributed by atoms with Crippen LogP contribution in [0.15, 0.2) is 45.9 Å². The minimum Gasteiger partial charge on any atom is -0.507 e. The van der Waals surface area contributed by atoms with Crippen molar-refractivity contribution in [1.29, 1.82) is 0 Å². The molecule has 0 radical (unpaired) electrons. The van der Waals surface area contributed by atoms with Crippen molar-refractivity contribution < 1.29 is 24.2 Å². The molecule has 0 saturated heterocycles. The summed E-state index contributed by atoms with van der Waals surface area (Å²) in [6, 6.07) is 9.51. The van der Waals surface area contributed by atoms with Gasteiger partial charge in [0, 0.05) is 5.56 Å². The van der Waals surface area contributed by atoms with E-state index in [1.807, 2.05) is 0 Å². The summed E-state index contributed by atoms with van der Waals surface area (Å²) in [5, 5.41) is 23.8. The van der Waals surface area contributed by atoms with E-state index in [1.54, 1.807) is 31.2 Å². The first-order valence-electron chi connectivity index (χ1n) is 7.42. The van der Waals surface area contributed by atoms with E-state index in [2.05, 4.69) is 10.5 Å². The summed E-state index contributed by atoms with van der Waals surface area (Å²) in [5.74, 6) is -0.0789. The number of hydrogen-bond donors (Lipinski definition) is 3. The number of nitrogens with zero attached hydrogens (tertiary/aromatic N) is 1. The van der Waals surface area contributed by atoms with Crippen molar-refractivity contribution in [3.05, 3.63) is 53.3 Å². The fourth-order valence-corrected chi connectivity index (χ4v) is 2.49. The third kappa shape index (κ3) is 3.12. The lowest BCUT2D eigenvalue weighted by Gasteiger charge is -2.03. The quantitative estimate of drug-likeness (QED) is 0.500. The lowest BCUT2D eigenvalue weighted by atomic mass is 10.1. The molecule has 25 heavy (non-hydrogen) atoms. The first kappa shape index (κ1) is 16.4.